The van der Waals surface area contributed by atoms with Crippen molar-refractivity contribution in [3.05, 3.63) is 29.6 Å². The molecular weight excluding hydrogens is 233 g/mol. The molecule has 0 saturated heterocycles. The predicted molar refractivity (Wildman–Crippen MR) is 69.8 cm³/mol. The van der Waals surface area contributed by atoms with E-state index in [1.807, 2.05) is 20.8 Å². The minimum atomic E-state index is -0.958. The minimum Gasteiger partial charge on any atom is -0.481 e. The zero-order valence-corrected chi connectivity index (χ0v) is 11.0. The summed E-state index contributed by atoms with van der Waals surface area (Å²) in [7, 11) is 0. The van der Waals surface area contributed by atoms with E-state index in [1.54, 1.807) is 6.07 Å². The summed E-state index contributed by atoms with van der Waals surface area (Å²) >= 11 is 0. The number of rotatable bonds is 5. The fourth-order valence-corrected chi connectivity index (χ4v) is 2.39. The molecule has 100 valence electrons. The lowest BCUT2D eigenvalue weighted by Crippen LogP contribution is -2.22. The Balaban J connectivity index is 3.12. The average molecular weight is 253 g/mol. The van der Waals surface area contributed by atoms with Crippen LogP contribution in [0.15, 0.2) is 18.2 Å². The number of hydrogen-bond donors (Lipinski definition) is 2. The van der Waals surface area contributed by atoms with Gasteiger partial charge in [0.05, 0.1) is 11.6 Å². The highest BCUT2D eigenvalue weighted by Crippen LogP contribution is 2.33. The van der Waals surface area contributed by atoms with Crippen molar-refractivity contribution in [2.24, 2.45) is 11.8 Å². The van der Waals surface area contributed by atoms with Crippen molar-refractivity contribution in [1.29, 1.82) is 0 Å². The van der Waals surface area contributed by atoms with Gasteiger partial charge >= 0.3 is 5.97 Å². The number of nitrogens with two attached hydrogens (primary N) is 1. The van der Waals surface area contributed by atoms with Crippen LogP contribution in [0.25, 0.3) is 0 Å². The van der Waals surface area contributed by atoms with Crippen molar-refractivity contribution in [3.63, 3.8) is 0 Å². The van der Waals surface area contributed by atoms with Gasteiger partial charge in [-0.25, -0.2) is 4.39 Å². The van der Waals surface area contributed by atoms with Crippen LogP contribution in [0.2, 0.25) is 0 Å². The first kappa shape index (κ1) is 14.5. The molecule has 0 fully saturated rings. The molecule has 0 bridgehead atoms. The Labute approximate surface area is 107 Å². The molecule has 0 amide bonds. The molecule has 18 heavy (non-hydrogen) atoms. The summed E-state index contributed by atoms with van der Waals surface area (Å²) in [6.45, 7) is 5.93. The number of hydrogen-bond acceptors (Lipinski definition) is 2. The summed E-state index contributed by atoms with van der Waals surface area (Å²) < 4.78 is 13.4. The number of carbonyl (C=O) groups is 1. The summed E-state index contributed by atoms with van der Waals surface area (Å²) in [6, 6.07) is 4.33. The van der Waals surface area contributed by atoms with E-state index in [4.69, 9.17) is 5.73 Å². The molecule has 1 rings (SSSR count). The standard InChI is InChI=1S/C14H20FNO2/c1-8(2)7-9(3)12(14(17)18)10-5-4-6-11(15)13(10)16/h4-6,8-9,12H,7,16H2,1-3H3,(H,17,18). The van der Waals surface area contributed by atoms with E-state index < -0.39 is 17.7 Å². The fraction of sp³-hybridized carbons (Fsp3) is 0.500. The summed E-state index contributed by atoms with van der Waals surface area (Å²) in [5.74, 6) is -1.98. The molecule has 4 heteroatoms. The number of carboxylic acid groups (broad SMARTS) is 1. The molecule has 2 unspecified atom stereocenters. The van der Waals surface area contributed by atoms with E-state index in [2.05, 4.69) is 0 Å². The van der Waals surface area contributed by atoms with Crippen molar-refractivity contribution in [1.82, 2.24) is 0 Å². The van der Waals surface area contributed by atoms with Crippen LogP contribution in [0.1, 0.15) is 38.7 Å². The van der Waals surface area contributed by atoms with Crippen molar-refractivity contribution < 1.29 is 14.3 Å². The zero-order chi connectivity index (χ0) is 13.9. The molecule has 0 aliphatic heterocycles. The maximum Gasteiger partial charge on any atom is 0.311 e. The van der Waals surface area contributed by atoms with Crippen molar-refractivity contribution in [2.75, 3.05) is 5.73 Å². The van der Waals surface area contributed by atoms with Crippen molar-refractivity contribution in [2.45, 2.75) is 33.1 Å². The summed E-state index contributed by atoms with van der Waals surface area (Å²) in [5.41, 5.74) is 5.97. The third-order valence-electron chi connectivity index (χ3n) is 3.10. The Morgan fingerprint density at radius 1 is 1.39 bits per heavy atom. The zero-order valence-electron chi connectivity index (χ0n) is 11.0. The highest BCUT2D eigenvalue weighted by Gasteiger charge is 2.29. The Morgan fingerprint density at radius 3 is 2.50 bits per heavy atom. The molecule has 1 aromatic carbocycles. The molecule has 1 aromatic rings. The molecular formula is C14H20FNO2. The number of halogens is 1. The highest BCUT2D eigenvalue weighted by molar-refractivity contribution is 5.79. The van der Waals surface area contributed by atoms with Gasteiger partial charge < -0.3 is 10.8 Å². The third-order valence-corrected chi connectivity index (χ3v) is 3.10. The SMILES string of the molecule is CC(C)CC(C)C(C(=O)O)c1cccc(F)c1N. The van der Waals surface area contributed by atoms with Gasteiger partial charge in [0.15, 0.2) is 0 Å². The smallest absolute Gasteiger partial charge is 0.311 e. The largest absolute Gasteiger partial charge is 0.481 e. The lowest BCUT2D eigenvalue weighted by atomic mass is 9.81. The molecule has 0 saturated carbocycles. The molecule has 0 spiro atoms. The fourth-order valence-electron chi connectivity index (χ4n) is 2.39. The van der Waals surface area contributed by atoms with E-state index >= 15 is 0 Å². The molecule has 0 aliphatic carbocycles. The Morgan fingerprint density at radius 2 is 2.00 bits per heavy atom. The minimum absolute atomic E-state index is 0.0551. The number of nitrogen functional groups attached to an aromatic ring is 1. The second kappa shape index (κ2) is 5.85. The third kappa shape index (κ3) is 3.22. The van der Waals surface area contributed by atoms with Gasteiger partial charge in [-0.15, -0.1) is 0 Å². The van der Waals surface area contributed by atoms with Crippen LogP contribution in [0.5, 0.6) is 0 Å². The maximum absolute atomic E-state index is 13.4. The van der Waals surface area contributed by atoms with Gasteiger partial charge in [-0.1, -0.05) is 32.9 Å². The first-order valence-electron chi connectivity index (χ1n) is 6.11. The van der Waals surface area contributed by atoms with Crippen LogP contribution in [0, 0.1) is 17.7 Å². The molecule has 3 N–H and O–H groups in total. The Hall–Kier alpha value is -1.58. The van der Waals surface area contributed by atoms with Crippen LogP contribution in [-0.4, -0.2) is 11.1 Å². The molecule has 2 atom stereocenters. The first-order chi connectivity index (χ1) is 8.34. The van der Waals surface area contributed by atoms with E-state index in [0.29, 0.717) is 11.5 Å². The van der Waals surface area contributed by atoms with Crippen LogP contribution in [0.3, 0.4) is 0 Å². The summed E-state index contributed by atoms with van der Waals surface area (Å²) in [4.78, 5) is 11.4. The Bertz CT molecular complexity index is 432. The van der Waals surface area contributed by atoms with Crippen LogP contribution >= 0.6 is 0 Å². The van der Waals surface area contributed by atoms with Crippen LogP contribution < -0.4 is 5.73 Å². The lowest BCUT2D eigenvalue weighted by molar-refractivity contribution is -0.140. The number of aliphatic carboxylic acids is 1. The van der Waals surface area contributed by atoms with Gasteiger partial charge in [-0.05, 0) is 29.9 Å². The summed E-state index contributed by atoms with van der Waals surface area (Å²) in [6.07, 6.45) is 0.757. The van der Waals surface area contributed by atoms with Gasteiger partial charge in [-0.3, -0.25) is 4.79 Å². The topological polar surface area (TPSA) is 63.3 Å². The molecule has 0 heterocycles. The van der Waals surface area contributed by atoms with E-state index in [0.717, 1.165) is 6.42 Å². The average Bonchev–Trinajstić information content (AvgIpc) is 2.23. The van der Waals surface area contributed by atoms with Crippen LogP contribution in [-0.2, 0) is 4.79 Å². The first-order valence-corrected chi connectivity index (χ1v) is 6.11. The second-order valence-electron chi connectivity index (χ2n) is 5.17. The number of carboxylic acids is 1. The monoisotopic (exact) mass is 253 g/mol. The van der Waals surface area contributed by atoms with Gasteiger partial charge in [0.1, 0.15) is 5.82 Å². The lowest BCUT2D eigenvalue weighted by Gasteiger charge is -2.23. The number of anilines is 1. The van der Waals surface area contributed by atoms with Crippen LogP contribution in [0.4, 0.5) is 10.1 Å². The van der Waals surface area contributed by atoms with Crippen molar-refractivity contribution in [3.8, 4) is 0 Å². The van der Waals surface area contributed by atoms with Crippen molar-refractivity contribution >= 4 is 11.7 Å². The maximum atomic E-state index is 13.4. The highest BCUT2D eigenvalue weighted by atomic mass is 19.1. The number of para-hydroxylation sites is 1. The predicted octanol–water partition coefficient (Wildman–Crippen LogP) is 3.26. The normalized spacial score (nSPS) is 14.5. The quantitative estimate of drug-likeness (QED) is 0.792. The van der Waals surface area contributed by atoms with Gasteiger partial charge in [0.2, 0.25) is 0 Å². The molecule has 0 aromatic heterocycles. The van der Waals surface area contributed by atoms with E-state index in [-0.39, 0.29) is 11.6 Å². The van der Waals surface area contributed by atoms with Gasteiger partial charge in [-0.2, -0.15) is 0 Å². The number of benzene rings is 1. The van der Waals surface area contributed by atoms with Gasteiger partial charge in [0.25, 0.3) is 0 Å². The van der Waals surface area contributed by atoms with Gasteiger partial charge in [0, 0.05) is 0 Å². The summed E-state index contributed by atoms with van der Waals surface area (Å²) in [5, 5.41) is 9.35. The second-order valence-corrected chi connectivity index (χ2v) is 5.17. The Kier molecular flexibility index (Phi) is 4.70. The molecule has 0 radical (unpaired) electrons. The van der Waals surface area contributed by atoms with E-state index in [9.17, 15) is 14.3 Å². The molecule has 0 aliphatic rings. The van der Waals surface area contributed by atoms with E-state index in [1.165, 1.54) is 12.1 Å². The molecule has 3 nitrogen and oxygen atoms in total.